The van der Waals surface area contributed by atoms with Gasteiger partial charge in [-0.3, -0.25) is 14.6 Å². The van der Waals surface area contributed by atoms with Gasteiger partial charge in [0.05, 0.1) is 18.3 Å². The first-order valence-corrected chi connectivity index (χ1v) is 10.5. The molecule has 4 rings (SSSR count). The van der Waals surface area contributed by atoms with Crippen LogP contribution < -0.4 is 5.32 Å². The van der Waals surface area contributed by atoms with E-state index >= 15 is 0 Å². The first-order chi connectivity index (χ1) is 13.6. The molecule has 1 aliphatic rings. The summed E-state index contributed by atoms with van der Waals surface area (Å²) in [6.45, 7) is 4.63. The molecule has 0 atom stereocenters. The molecule has 9 heteroatoms. The summed E-state index contributed by atoms with van der Waals surface area (Å²) in [5.41, 5.74) is 3.47. The molecule has 1 saturated heterocycles. The van der Waals surface area contributed by atoms with Crippen molar-refractivity contribution < 1.29 is 4.79 Å². The van der Waals surface area contributed by atoms with Gasteiger partial charge in [-0.25, -0.2) is 0 Å². The molecule has 0 bridgehead atoms. The van der Waals surface area contributed by atoms with Crippen molar-refractivity contribution in [1.82, 2.24) is 18.5 Å². The number of carbonyl (C=O) groups is 1. The van der Waals surface area contributed by atoms with E-state index in [1.54, 1.807) is 6.07 Å². The quantitative estimate of drug-likeness (QED) is 0.660. The maximum absolute atomic E-state index is 12.4. The summed E-state index contributed by atoms with van der Waals surface area (Å²) in [5.74, 6) is -0.0169. The van der Waals surface area contributed by atoms with Gasteiger partial charge in [0.15, 0.2) is 0 Å². The molecule has 0 spiro atoms. The highest BCUT2D eigenvalue weighted by Gasteiger charge is 2.20. The molecule has 0 saturated carbocycles. The number of nitrogens with one attached hydrogen (secondary N) is 1. The first kappa shape index (κ1) is 19.5. The van der Waals surface area contributed by atoms with Crippen molar-refractivity contribution in [2.45, 2.75) is 6.54 Å². The molecule has 1 aromatic heterocycles. The van der Waals surface area contributed by atoms with Crippen molar-refractivity contribution >= 4 is 57.6 Å². The average Bonchev–Trinajstić information content (AvgIpc) is 3.13. The number of aromatic nitrogens is 2. The summed E-state index contributed by atoms with van der Waals surface area (Å²) < 4.78 is 8.37. The number of fused-ring (bicyclic) bond motifs is 1. The number of halogens is 2. The van der Waals surface area contributed by atoms with E-state index < -0.39 is 0 Å². The summed E-state index contributed by atoms with van der Waals surface area (Å²) in [5, 5.41) is 4.29. The Kier molecular flexibility index (Phi) is 6.08. The zero-order chi connectivity index (χ0) is 19.5. The van der Waals surface area contributed by atoms with Gasteiger partial charge in [0.25, 0.3) is 0 Å². The second-order valence-corrected chi connectivity index (χ2v) is 8.18. The van der Waals surface area contributed by atoms with E-state index in [9.17, 15) is 4.79 Å². The Hall–Kier alpha value is -1.77. The number of nitrogens with zero attached hydrogens (tertiary/aromatic N) is 4. The Morgan fingerprint density at radius 3 is 2.54 bits per heavy atom. The van der Waals surface area contributed by atoms with Crippen LogP contribution in [0, 0.1) is 0 Å². The van der Waals surface area contributed by atoms with Gasteiger partial charge in [-0.2, -0.15) is 8.75 Å². The standard InChI is InChI=1S/C19H19Cl2N5OS/c20-14-2-1-13(16(21)9-14)11-25-5-7-26(8-6-25)12-19(27)22-15-3-4-17-18(10-15)24-28-23-17/h1-4,9-10H,5-8,11-12H2,(H,22,27). The van der Waals surface area contributed by atoms with Crippen molar-refractivity contribution in [3.63, 3.8) is 0 Å². The van der Waals surface area contributed by atoms with E-state index in [0.717, 1.165) is 55.0 Å². The molecule has 0 unspecified atom stereocenters. The van der Waals surface area contributed by atoms with Crippen molar-refractivity contribution in [3.05, 3.63) is 52.0 Å². The minimum absolute atomic E-state index is 0.0169. The van der Waals surface area contributed by atoms with Gasteiger partial charge < -0.3 is 5.32 Å². The van der Waals surface area contributed by atoms with E-state index in [1.807, 2.05) is 30.3 Å². The summed E-state index contributed by atoms with van der Waals surface area (Å²) in [6, 6.07) is 11.2. The minimum atomic E-state index is -0.0169. The Morgan fingerprint density at radius 1 is 1.00 bits per heavy atom. The fourth-order valence-corrected chi connectivity index (χ4v) is 4.25. The Labute approximate surface area is 177 Å². The molecule has 1 N–H and O–H groups in total. The van der Waals surface area contributed by atoms with Crippen LogP contribution in [0.15, 0.2) is 36.4 Å². The van der Waals surface area contributed by atoms with Gasteiger partial charge in [-0.1, -0.05) is 29.3 Å². The normalized spacial score (nSPS) is 15.8. The van der Waals surface area contributed by atoms with Crippen LogP contribution in [0.5, 0.6) is 0 Å². The highest BCUT2D eigenvalue weighted by molar-refractivity contribution is 7.00. The summed E-state index contributed by atoms with van der Waals surface area (Å²) in [4.78, 5) is 16.9. The first-order valence-electron chi connectivity index (χ1n) is 8.97. The van der Waals surface area contributed by atoms with E-state index in [2.05, 4.69) is 23.9 Å². The van der Waals surface area contributed by atoms with Crippen molar-refractivity contribution in [3.8, 4) is 0 Å². The van der Waals surface area contributed by atoms with Crippen LogP contribution in [0.1, 0.15) is 5.56 Å². The lowest BCUT2D eigenvalue weighted by atomic mass is 10.2. The molecule has 146 valence electrons. The molecule has 2 heterocycles. The third-order valence-electron chi connectivity index (χ3n) is 4.78. The molecule has 0 aliphatic carbocycles. The fraction of sp³-hybridized carbons (Fsp3) is 0.316. The Balaban J connectivity index is 1.26. The predicted molar refractivity (Wildman–Crippen MR) is 114 cm³/mol. The molecule has 1 amide bonds. The third-order valence-corrected chi connectivity index (χ3v) is 5.92. The lowest BCUT2D eigenvalue weighted by molar-refractivity contribution is -0.117. The van der Waals surface area contributed by atoms with Crippen LogP contribution in [0.4, 0.5) is 5.69 Å². The van der Waals surface area contributed by atoms with Crippen LogP contribution in [0.3, 0.4) is 0 Å². The van der Waals surface area contributed by atoms with Crippen LogP contribution in [-0.2, 0) is 11.3 Å². The van der Waals surface area contributed by atoms with Gasteiger partial charge >= 0.3 is 0 Å². The number of hydrogen-bond acceptors (Lipinski definition) is 6. The monoisotopic (exact) mass is 435 g/mol. The Bertz CT molecular complexity index is 987. The highest BCUT2D eigenvalue weighted by atomic mass is 35.5. The molecular formula is C19H19Cl2N5OS. The van der Waals surface area contributed by atoms with Crippen molar-refractivity contribution in [2.75, 3.05) is 38.0 Å². The molecule has 2 aromatic carbocycles. The molecule has 28 heavy (non-hydrogen) atoms. The third kappa shape index (κ3) is 4.79. The Morgan fingerprint density at radius 2 is 1.75 bits per heavy atom. The SMILES string of the molecule is O=C(CN1CCN(Cc2ccc(Cl)cc2Cl)CC1)Nc1ccc2nsnc2c1. The van der Waals surface area contributed by atoms with E-state index in [1.165, 1.54) is 11.7 Å². The highest BCUT2D eigenvalue weighted by Crippen LogP contribution is 2.23. The second-order valence-electron chi connectivity index (χ2n) is 6.80. The van der Waals surface area contributed by atoms with E-state index in [4.69, 9.17) is 23.2 Å². The van der Waals surface area contributed by atoms with Crippen LogP contribution in [0.2, 0.25) is 10.0 Å². The van der Waals surface area contributed by atoms with E-state index in [0.29, 0.717) is 16.6 Å². The zero-order valence-corrected chi connectivity index (χ0v) is 17.4. The van der Waals surface area contributed by atoms with Crippen LogP contribution in [0.25, 0.3) is 11.0 Å². The number of amides is 1. The topological polar surface area (TPSA) is 61.4 Å². The van der Waals surface area contributed by atoms with Crippen molar-refractivity contribution in [2.24, 2.45) is 0 Å². The molecule has 3 aromatic rings. The summed E-state index contributed by atoms with van der Waals surface area (Å²) in [6.07, 6.45) is 0. The maximum Gasteiger partial charge on any atom is 0.238 e. The number of carbonyl (C=O) groups excluding carboxylic acids is 1. The fourth-order valence-electron chi connectivity index (χ4n) is 3.26. The average molecular weight is 436 g/mol. The van der Waals surface area contributed by atoms with Gasteiger partial charge in [0, 0.05) is 48.5 Å². The molecule has 0 radical (unpaired) electrons. The largest absolute Gasteiger partial charge is 0.325 e. The molecule has 6 nitrogen and oxygen atoms in total. The van der Waals surface area contributed by atoms with Crippen molar-refractivity contribution in [1.29, 1.82) is 0 Å². The minimum Gasteiger partial charge on any atom is -0.325 e. The molecule has 1 fully saturated rings. The molecular weight excluding hydrogens is 417 g/mol. The number of anilines is 1. The zero-order valence-electron chi connectivity index (χ0n) is 15.1. The van der Waals surface area contributed by atoms with Crippen LogP contribution >= 0.6 is 34.9 Å². The number of hydrogen-bond donors (Lipinski definition) is 1. The smallest absolute Gasteiger partial charge is 0.238 e. The lowest BCUT2D eigenvalue weighted by Gasteiger charge is -2.34. The van der Waals surface area contributed by atoms with Gasteiger partial charge in [-0.15, -0.1) is 0 Å². The summed E-state index contributed by atoms with van der Waals surface area (Å²) >= 11 is 13.4. The van der Waals surface area contributed by atoms with E-state index in [-0.39, 0.29) is 5.91 Å². The van der Waals surface area contributed by atoms with Gasteiger partial charge in [0.1, 0.15) is 11.0 Å². The van der Waals surface area contributed by atoms with Gasteiger partial charge in [0.2, 0.25) is 5.91 Å². The second kappa shape index (κ2) is 8.71. The summed E-state index contributed by atoms with van der Waals surface area (Å²) in [7, 11) is 0. The maximum atomic E-state index is 12.4. The number of rotatable bonds is 5. The number of benzene rings is 2. The molecule has 1 aliphatic heterocycles. The lowest BCUT2D eigenvalue weighted by Crippen LogP contribution is -2.48. The van der Waals surface area contributed by atoms with Crippen LogP contribution in [-0.4, -0.2) is 57.2 Å². The predicted octanol–water partition coefficient (Wildman–Crippen LogP) is 3.75. The number of piperazine rings is 1. The van der Waals surface area contributed by atoms with Gasteiger partial charge in [-0.05, 0) is 35.9 Å².